The molecule has 46 heavy (non-hydrogen) atoms. The van der Waals surface area contributed by atoms with E-state index in [1.165, 1.54) is 98.4 Å². The molecule has 0 aliphatic heterocycles. The van der Waals surface area contributed by atoms with E-state index in [1.807, 2.05) is 0 Å². The van der Waals surface area contributed by atoms with Crippen LogP contribution in [0.3, 0.4) is 0 Å². The molecule has 0 saturated carbocycles. The summed E-state index contributed by atoms with van der Waals surface area (Å²) in [6, 6.07) is 58.1. The van der Waals surface area contributed by atoms with Crippen molar-refractivity contribution in [3.05, 3.63) is 158 Å². The first kappa shape index (κ1) is 24.2. The number of hydrogen-bond donors (Lipinski definition) is 0. The molecule has 0 fully saturated rings. The van der Waals surface area contributed by atoms with Gasteiger partial charge in [-0.25, -0.2) is 0 Å². The predicted octanol–water partition coefficient (Wildman–Crippen LogP) is 11.9. The molecule has 8 aromatic carbocycles. The molecule has 0 bridgehead atoms. The summed E-state index contributed by atoms with van der Waals surface area (Å²) in [6.07, 6.45) is 0. The summed E-state index contributed by atoms with van der Waals surface area (Å²) in [7, 11) is 0. The van der Waals surface area contributed by atoms with E-state index in [-0.39, 0.29) is 0 Å². The summed E-state index contributed by atoms with van der Waals surface area (Å²) in [6.45, 7) is 0. The average molecular weight is 583 g/mol. The molecule has 0 saturated heterocycles. The van der Waals surface area contributed by atoms with Crippen LogP contribution in [-0.2, 0) is 0 Å². The van der Waals surface area contributed by atoms with Crippen molar-refractivity contribution in [2.75, 3.05) is 0 Å². The van der Waals surface area contributed by atoms with Crippen LogP contribution in [-0.4, -0.2) is 8.80 Å². The predicted molar refractivity (Wildman–Crippen MR) is 195 cm³/mol. The zero-order valence-corrected chi connectivity index (χ0v) is 24.9. The number of nitrogens with zero attached hydrogens (tertiary/aromatic N) is 2. The lowest BCUT2D eigenvalue weighted by atomic mass is 9.94. The molecule has 11 aromatic rings. The van der Waals surface area contributed by atoms with E-state index in [2.05, 4.69) is 167 Å². The molecule has 2 heteroatoms. The van der Waals surface area contributed by atoms with Crippen LogP contribution in [0.5, 0.6) is 0 Å². The van der Waals surface area contributed by atoms with Crippen LogP contribution in [0, 0.1) is 0 Å². The van der Waals surface area contributed by atoms with Crippen molar-refractivity contribution >= 4 is 76.2 Å². The molecular formula is C44H26N2. The average Bonchev–Trinajstić information content (AvgIpc) is 3.66. The zero-order valence-electron chi connectivity index (χ0n) is 24.9. The highest BCUT2D eigenvalue weighted by molar-refractivity contribution is 6.27. The standard InChI is InChI=1S/C44H26N2/c1-3-15-29-27(11-1)13-9-19-31(29)33-23-25-39-43-41(33)35-17-5-7-21-37(35)45(43)40-26-24-34(32-20-10-14-28-12-2-4-16-30(28)32)42-36-18-6-8-22-38(36)46(39)44(40)42/h1-26H. The fourth-order valence-electron chi connectivity index (χ4n) is 8.39. The van der Waals surface area contributed by atoms with Crippen molar-refractivity contribution in [2.45, 2.75) is 0 Å². The van der Waals surface area contributed by atoms with Gasteiger partial charge in [0.2, 0.25) is 0 Å². The molecule has 0 N–H and O–H groups in total. The highest BCUT2D eigenvalue weighted by Crippen LogP contribution is 2.47. The molecule has 0 radical (unpaired) electrons. The van der Waals surface area contributed by atoms with Gasteiger partial charge < -0.3 is 8.80 Å². The van der Waals surface area contributed by atoms with Crippen LogP contribution in [0.2, 0.25) is 0 Å². The first-order chi connectivity index (χ1) is 22.9. The van der Waals surface area contributed by atoms with Gasteiger partial charge in [0.05, 0.1) is 33.1 Å². The monoisotopic (exact) mass is 582 g/mol. The minimum Gasteiger partial charge on any atom is -0.305 e. The highest BCUT2D eigenvalue weighted by Gasteiger charge is 2.25. The first-order valence-corrected chi connectivity index (χ1v) is 16.0. The molecule has 0 aliphatic carbocycles. The fraction of sp³-hybridized carbons (Fsp3) is 0. The van der Waals surface area contributed by atoms with Crippen LogP contribution in [0.1, 0.15) is 0 Å². The molecule has 0 unspecified atom stereocenters. The number of para-hydroxylation sites is 2. The molecule has 11 rings (SSSR count). The van der Waals surface area contributed by atoms with Gasteiger partial charge in [-0.15, -0.1) is 0 Å². The molecule has 0 atom stereocenters. The van der Waals surface area contributed by atoms with Crippen LogP contribution < -0.4 is 0 Å². The van der Waals surface area contributed by atoms with Gasteiger partial charge in [0.25, 0.3) is 0 Å². The number of fused-ring (bicyclic) bond motifs is 10. The Balaban J connectivity index is 1.38. The maximum Gasteiger partial charge on any atom is 0.0789 e. The summed E-state index contributed by atoms with van der Waals surface area (Å²) in [4.78, 5) is 0. The lowest BCUT2D eigenvalue weighted by Crippen LogP contribution is -1.98. The number of rotatable bonds is 2. The molecule has 212 valence electrons. The van der Waals surface area contributed by atoms with E-state index in [0.717, 1.165) is 0 Å². The summed E-state index contributed by atoms with van der Waals surface area (Å²) < 4.78 is 5.06. The van der Waals surface area contributed by atoms with Crippen LogP contribution in [0.25, 0.3) is 98.4 Å². The van der Waals surface area contributed by atoms with Gasteiger partial charge in [0.15, 0.2) is 0 Å². The van der Waals surface area contributed by atoms with Crippen LogP contribution >= 0.6 is 0 Å². The van der Waals surface area contributed by atoms with Gasteiger partial charge in [-0.2, -0.15) is 0 Å². The largest absolute Gasteiger partial charge is 0.305 e. The maximum atomic E-state index is 2.53. The summed E-state index contributed by atoms with van der Waals surface area (Å²) in [5.74, 6) is 0. The van der Waals surface area contributed by atoms with Gasteiger partial charge in [-0.05, 0) is 68.1 Å². The second kappa shape index (κ2) is 8.74. The van der Waals surface area contributed by atoms with Gasteiger partial charge in [-0.1, -0.05) is 133 Å². The Bertz CT molecular complexity index is 2810. The SMILES string of the molecule is c1ccc2c(-c3ccc4c5c3c3ccccc3n5c3ccc(-c5cccc6ccccc56)c5c6ccccc6n4c53)cccc2c1. The Morgan fingerprint density at radius 1 is 0.261 bits per heavy atom. The Morgan fingerprint density at radius 2 is 0.652 bits per heavy atom. The topological polar surface area (TPSA) is 8.82 Å². The van der Waals surface area contributed by atoms with Crippen molar-refractivity contribution in [2.24, 2.45) is 0 Å². The summed E-state index contributed by atoms with van der Waals surface area (Å²) in [5.41, 5.74) is 12.5. The molecule has 0 aliphatic rings. The van der Waals surface area contributed by atoms with Gasteiger partial charge in [0.1, 0.15) is 0 Å². The van der Waals surface area contributed by atoms with Crippen molar-refractivity contribution in [1.29, 1.82) is 0 Å². The third-order valence-electron chi connectivity index (χ3n) is 10.2. The van der Waals surface area contributed by atoms with Gasteiger partial charge in [0, 0.05) is 21.5 Å². The lowest BCUT2D eigenvalue weighted by molar-refractivity contribution is 1.26. The molecule has 3 heterocycles. The number of benzene rings is 8. The Labute approximate surface area is 264 Å². The fourth-order valence-corrected chi connectivity index (χ4v) is 8.39. The van der Waals surface area contributed by atoms with E-state index < -0.39 is 0 Å². The number of hydrogen-bond acceptors (Lipinski definition) is 0. The third-order valence-corrected chi connectivity index (χ3v) is 10.2. The summed E-state index contributed by atoms with van der Waals surface area (Å²) in [5, 5.41) is 10.3. The third kappa shape index (κ3) is 2.96. The van der Waals surface area contributed by atoms with Crippen molar-refractivity contribution in [3.8, 4) is 22.3 Å². The maximum absolute atomic E-state index is 2.53. The number of aromatic nitrogens is 2. The van der Waals surface area contributed by atoms with Gasteiger partial charge >= 0.3 is 0 Å². The molecular weight excluding hydrogens is 556 g/mol. The quantitative estimate of drug-likeness (QED) is 0.179. The normalized spacial score (nSPS) is 12.3. The van der Waals surface area contributed by atoms with Gasteiger partial charge in [-0.3, -0.25) is 0 Å². The Morgan fingerprint density at radius 3 is 1.13 bits per heavy atom. The molecule has 0 amide bonds. The molecule has 3 aromatic heterocycles. The molecule has 2 nitrogen and oxygen atoms in total. The van der Waals surface area contributed by atoms with E-state index in [4.69, 9.17) is 0 Å². The van der Waals surface area contributed by atoms with E-state index in [9.17, 15) is 0 Å². The minimum atomic E-state index is 1.23. The molecule has 0 spiro atoms. The van der Waals surface area contributed by atoms with E-state index >= 15 is 0 Å². The van der Waals surface area contributed by atoms with Crippen molar-refractivity contribution in [1.82, 2.24) is 8.80 Å². The second-order valence-corrected chi connectivity index (χ2v) is 12.5. The van der Waals surface area contributed by atoms with Crippen molar-refractivity contribution < 1.29 is 0 Å². The smallest absolute Gasteiger partial charge is 0.0789 e. The van der Waals surface area contributed by atoms with Crippen LogP contribution in [0.15, 0.2) is 158 Å². The second-order valence-electron chi connectivity index (χ2n) is 12.5. The van der Waals surface area contributed by atoms with E-state index in [0.29, 0.717) is 0 Å². The summed E-state index contributed by atoms with van der Waals surface area (Å²) >= 11 is 0. The van der Waals surface area contributed by atoms with Crippen molar-refractivity contribution in [3.63, 3.8) is 0 Å². The lowest BCUT2D eigenvalue weighted by Gasteiger charge is -2.15. The minimum absolute atomic E-state index is 1.23. The first-order valence-electron chi connectivity index (χ1n) is 16.0. The zero-order chi connectivity index (χ0) is 29.9. The Kier molecular flexibility index (Phi) is 4.61. The highest BCUT2D eigenvalue weighted by atomic mass is 15.0. The van der Waals surface area contributed by atoms with E-state index in [1.54, 1.807) is 0 Å². The Hall–Kier alpha value is -6.12. The van der Waals surface area contributed by atoms with Crippen LogP contribution in [0.4, 0.5) is 0 Å².